The second-order valence-electron chi connectivity index (χ2n) is 3.26. The molecule has 2 aromatic heterocycles. The van der Waals surface area contributed by atoms with E-state index < -0.39 is 0 Å². The van der Waals surface area contributed by atoms with Crippen LogP contribution < -0.4 is 0 Å². The molecule has 0 unspecified atom stereocenters. The van der Waals surface area contributed by atoms with Gasteiger partial charge < -0.3 is 9.15 Å². The van der Waals surface area contributed by atoms with Crippen LogP contribution in [0.3, 0.4) is 0 Å². The molecule has 0 bridgehead atoms. The monoisotopic (exact) mass is 318 g/mol. The van der Waals surface area contributed by atoms with E-state index in [1.807, 2.05) is 0 Å². The average molecular weight is 320 g/mol. The third kappa shape index (κ3) is 2.37. The fraction of sp³-hybridized carbons (Fsp3) is 0.200. The van der Waals surface area contributed by atoms with E-state index in [2.05, 4.69) is 25.8 Å². The van der Waals surface area contributed by atoms with Crippen LogP contribution in [0.15, 0.2) is 21.2 Å². The maximum Gasteiger partial charge on any atom is 0.293 e. The van der Waals surface area contributed by atoms with E-state index in [0.717, 1.165) is 10.2 Å². The van der Waals surface area contributed by atoms with Gasteiger partial charge in [-0.25, -0.2) is 0 Å². The number of ether oxygens (including phenoxy) is 1. The largest absolute Gasteiger partial charge is 0.460 e. The predicted octanol–water partition coefficient (Wildman–Crippen LogP) is 2.77. The molecule has 0 aliphatic heterocycles. The second-order valence-corrected chi connectivity index (χ2v) is 4.52. The van der Waals surface area contributed by atoms with E-state index in [4.69, 9.17) is 16.0 Å². The van der Waals surface area contributed by atoms with Gasteiger partial charge >= 0.3 is 0 Å². The Morgan fingerprint density at radius 3 is 3.06 bits per heavy atom. The molecular formula is C10H8BrClN2O3. The summed E-state index contributed by atoms with van der Waals surface area (Å²) in [5.74, 6) is 0.966. The molecule has 0 radical (unpaired) electrons. The lowest BCUT2D eigenvalue weighted by atomic mass is 10.3. The number of halogens is 2. The molecule has 0 aliphatic carbocycles. The average Bonchev–Trinajstić information content (AvgIpc) is 2.80. The first kappa shape index (κ1) is 12.2. The number of hydrogen-bond donors (Lipinski definition) is 0. The predicted molar refractivity (Wildman–Crippen MR) is 64.5 cm³/mol. The summed E-state index contributed by atoms with van der Waals surface area (Å²) >= 11 is 9.42. The van der Waals surface area contributed by atoms with Gasteiger partial charge in [-0.3, -0.25) is 9.48 Å². The van der Waals surface area contributed by atoms with Crippen molar-refractivity contribution in [3.05, 3.63) is 27.5 Å². The lowest BCUT2D eigenvalue weighted by Crippen LogP contribution is -1.93. The summed E-state index contributed by atoms with van der Waals surface area (Å²) in [6, 6.07) is 1.61. The molecule has 5 nitrogen and oxygen atoms in total. The minimum Gasteiger partial charge on any atom is -0.460 e. The van der Waals surface area contributed by atoms with Crippen LogP contribution in [0.2, 0.25) is 5.02 Å². The highest BCUT2D eigenvalue weighted by atomic mass is 79.9. The summed E-state index contributed by atoms with van der Waals surface area (Å²) in [5, 5.41) is 4.51. The van der Waals surface area contributed by atoms with Crippen LogP contribution in [0.4, 0.5) is 0 Å². The fourth-order valence-electron chi connectivity index (χ4n) is 1.43. The maximum absolute atomic E-state index is 10.1. The summed E-state index contributed by atoms with van der Waals surface area (Å²) in [6.07, 6.45) is 1.65. The molecule has 17 heavy (non-hydrogen) atoms. The number of carbonyl (C=O) groups excluding carboxylic acids is 1. The Morgan fingerprint density at radius 1 is 1.71 bits per heavy atom. The van der Waals surface area contributed by atoms with Crippen LogP contribution in [0.25, 0.3) is 11.5 Å². The smallest absolute Gasteiger partial charge is 0.293 e. The molecule has 2 aromatic rings. The zero-order valence-corrected chi connectivity index (χ0v) is 11.2. The van der Waals surface area contributed by atoms with Crippen molar-refractivity contribution in [3.63, 3.8) is 0 Å². The van der Waals surface area contributed by atoms with Crippen molar-refractivity contribution in [2.45, 2.75) is 6.61 Å². The number of hydrogen-bond acceptors (Lipinski definition) is 4. The molecule has 0 fully saturated rings. The highest BCUT2D eigenvalue weighted by molar-refractivity contribution is 9.10. The van der Waals surface area contributed by atoms with Gasteiger partial charge in [0.05, 0.1) is 15.7 Å². The molecule has 90 valence electrons. The van der Waals surface area contributed by atoms with Crippen molar-refractivity contribution in [1.29, 1.82) is 0 Å². The summed E-state index contributed by atoms with van der Waals surface area (Å²) in [5.41, 5.74) is 0.729. The van der Waals surface area contributed by atoms with Gasteiger partial charge in [-0.15, -0.1) is 0 Å². The normalized spacial score (nSPS) is 10.5. The minimum atomic E-state index is 0.0543. The van der Waals surface area contributed by atoms with Gasteiger partial charge in [-0.2, -0.15) is 5.10 Å². The Labute approximate surface area is 110 Å². The number of carbonyl (C=O) groups is 1. The van der Waals surface area contributed by atoms with Crippen molar-refractivity contribution in [3.8, 4) is 11.5 Å². The van der Waals surface area contributed by atoms with Gasteiger partial charge in [0, 0.05) is 13.1 Å². The zero-order valence-electron chi connectivity index (χ0n) is 8.81. The lowest BCUT2D eigenvalue weighted by Gasteiger charge is -2.00. The van der Waals surface area contributed by atoms with Gasteiger partial charge in [0.2, 0.25) is 0 Å². The van der Waals surface area contributed by atoms with Crippen LogP contribution in [-0.2, 0) is 23.2 Å². The Morgan fingerprint density at radius 2 is 2.47 bits per heavy atom. The van der Waals surface area contributed by atoms with Crippen LogP contribution in [-0.4, -0.2) is 16.3 Å². The Balaban J connectivity index is 2.39. The first-order valence-corrected chi connectivity index (χ1v) is 5.82. The van der Waals surface area contributed by atoms with Crippen LogP contribution in [0.1, 0.15) is 5.76 Å². The summed E-state index contributed by atoms with van der Waals surface area (Å²) < 4.78 is 12.5. The van der Waals surface area contributed by atoms with Crippen molar-refractivity contribution >= 4 is 34.0 Å². The molecule has 7 heteroatoms. The first-order valence-electron chi connectivity index (χ1n) is 4.64. The fourth-order valence-corrected chi connectivity index (χ4v) is 2.21. The van der Waals surface area contributed by atoms with Crippen LogP contribution >= 0.6 is 27.5 Å². The highest BCUT2D eigenvalue weighted by Gasteiger charge is 2.18. The SMILES string of the molecule is Cn1ncc(Br)c1-c1oc(COC=O)cc1Cl. The molecule has 0 N–H and O–H groups in total. The van der Waals surface area contributed by atoms with Crippen molar-refractivity contribution < 1.29 is 13.9 Å². The third-order valence-corrected chi connectivity index (χ3v) is 3.00. The molecule has 0 saturated heterocycles. The molecule has 0 amide bonds. The van der Waals surface area contributed by atoms with Crippen molar-refractivity contribution in [2.24, 2.45) is 7.05 Å². The Kier molecular flexibility index (Phi) is 3.54. The van der Waals surface area contributed by atoms with E-state index in [1.165, 1.54) is 0 Å². The molecule has 0 aliphatic rings. The number of nitrogens with zero attached hydrogens (tertiary/aromatic N) is 2. The number of aryl methyl sites for hydroxylation is 1. The standard InChI is InChI=1S/C10H8BrClN2O3/c1-14-9(7(11)3-13-14)10-8(12)2-6(17-10)4-16-5-15/h2-3,5H,4H2,1H3. The van der Waals surface area contributed by atoms with E-state index in [9.17, 15) is 4.79 Å². The number of aromatic nitrogens is 2. The molecule has 0 aromatic carbocycles. The second kappa shape index (κ2) is 4.93. The maximum atomic E-state index is 10.1. The number of rotatable bonds is 4. The topological polar surface area (TPSA) is 57.3 Å². The van der Waals surface area contributed by atoms with Gasteiger partial charge in [0.1, 0.15) is 18.1 Å². The molecule has 0 atom stereocenters. The van der Waals surface area contributed by atoms with Gasteiger partial charge in [-0.05, 0) is 15.9 Å². The first-order chi connectivity index (χ1) is 8.13. The summed E-state index contributed by atoms with van der Waals surface area (Å²) in [7, 11) is 1.78. The van der Waals surface area contributed by atoms with E-state index in [1.54, 1.807) is 24.0 Å². The molecular weight excluding hydrogens is 311 g/mol. The zero-order chi connectivity index (χ0) is 12.4. The summed E-state index contributed by atoms with van der Waals surface area (Å²) in [6.45, 7) is 0.411. The lowest BCUT2D eigenvalue weighted by molar-refractivity contribution is -0.130. The van der Waals surface area contributed by atoms with E-state index >= 15 is 0 Å². The third-order valence-electron chi connectivity index (χ3n) is 2.14. The minimum absolute atomic E-state index is 0.0543. The molecule has 0 spiro atoms. The number of furan rings is 1. The Hall–Kier alpha value is -1.27. The Bertz CT molecular complexity index is 530. The quantitative estimate of drug-likeness (QED) is 0.813. The molecule has 0 saturated carbocycles. The highest BCUT2D eigenvalue weighted by Crippen LogP contribution is 2.35. The van der Waals surface area contributed by atoms with Gasteiger partial charge in [0.25, 0.3) is 6.47 Å². The van der Waals surface area contributed by atoms with Gasteiger partial charge in [-0.1, -0.05) is 11.6 Å². The van der Waals surface area contributed by atoms with Crippen molar-refractivity contribution in [2.75, 3.05) is 0 Å². The van der Waals surface area contributed by atoms with E-state index in [-0.39, 0.29) is 6.61 Å². The summed E-state index contributed by atoms with van der Waals surface area (Å²) in [4.78, 5) is 10.1. The van der Waals surface area contributed by atoms with Crippen LogP contribution in [0, 0.1) is 0 Å². The van der Waals surface area contributed by atoms with Gasteiger partial charge in [0.15, 0.2) is 5.76 Å². The van der Waals surface area contributed by atoms with Crippen molar-refractivity contribution in [1.82, 2.24) is 9.78 Å². The van der Waals surface area contributed by atoms with E-state index in [0.29, 0.717) is 23.0 Å². The van der Waals surface area contributed by atoms with Crippen LogP contribution in [0.5, 0.6) is 0 Å². The molecule has 2 rings (SSSR count). The molecule has 2 heterocycles.